The van der Waals surface area contributed by atoms with E-state index in [-0.39, 0.29) is 25.0 Å². The van der Waals surface area contributed by atoms with Gasteiger partial charge in [0.05, 0.1) is 18.1 Å². The Bertz CT molecular complexity index is 499. The van der Waals surface area contributed by atoms with Crippen molar-refractivity contribution in [2.45, 2.75) is 45.1 Å². The van der Waals surface area contributed by atoms with Crippen LogP contribution in [0.5, 0.6) is 5.75 Å². The molecule has 1 amide bonds. The molecule has 22 heavy (non-hydrogen) atoms. The highest BCUT2D eigenvalue weighted by Crippen LogP contribution is 2.29. The van der Waals surface area contributed by atoms with Crippen LogP contribution >= 0.6 is 11.6 Å². The number of benzene rings is 1. The van der Waals surface area contributed by atoms with Crippen LogP contribution in [0, 0.1) is 5.92 Å². The average Bonchev–Trinajstić information content (AvgIpc) is 2.51. The van der Waals surface area contributed by atoms with Crippen molar-refractivity contribution in [3.8, 4) is 5.75 Å². The zero-order valence-electron chi connectivity index (χ0n) is 13.0. The average molecular weight is 326 g/mol. The second-order valence-electron chi connectivity index (χ2n) is 5.81. The number of rotatable bonds is 6. The van der Waals surface area contributed by atoms with E-state index in [1.165, 1.54) is 0 Å². The molecular weight excluding hydrogens is 302 g/mol. The minimum absolute atomic E-state index is 0.00401. The standard InChI is InChI=1S/C17H24ClNO3/c1-2-22-17-13(4-3-5-15(17)18)10-16(21)19-14-8-6-12(11-20)7-9-14/h3-5,12,14,20H,2,6-11H2,1H3,(H,19,21). The molecule has 0 spiro atoms. The minimum atomic E-state index is -0.00401. The topological polar surface area (TPSA) is 58.6 Å². The summed E-state index contributed by atoms with van der Waals surface area (Å²) in [5, 5.41) is 12.8. The van der Waals surface area contributed by atoms with Gasteiger partial charge in [0.25, 0.3) is 0 Å². The Kier molecular flexibility index (Phi) is 6.52. The van der Waals surface area contributed by atoms with E-state index >= 15 is 0 Å². The molecule has 0 unspecified atom stereocenters. The molecule has 0 saturated heterocycles. The lowest BCUT2D eigenvalue weighted by Crippen LogP contribution is -2.38. The first kappa shape index (κ1) is 17.1. The van der Waals surface area contributed by atoms with E-state index in [4.69, 9.17) is 21.4 Å². The van der Waals surface area contributed by atoms with Crippen LogP contribution in [0.2, 0.25) is 5.02 Å². The van der Waals surface area contributed by atoms with Gasteiger partial charge in [-0.3, -0.25) is 4.79 Å². The van der Waals surface area contributed by atoms with Gasteiger partial charge in [-0.2, -0.15) is 0 Å². The Labute approximate surface area is 136 Å². The molecule has 122 valence electrons. The summed E-state index contributed by atoms with van der Waals surface area (Å²) in [6.45, 7) is 2.66. The zero-order chi connectivity index (χ0) is 15.9. The van der Waals surface area contributed by atoms with E-state index in [0.29, 0.717) is 23.3 Å². The number of carbonyl (C=O) groups excluding carboxylic acids is 1. The lowest BCUT2D eigenvalue weighted by atomic mass is 9.86. The number of hydrogen-bond donors (Lipinski definition) is 2. The van der Waals surface area contributed by atoms with Crippen LogP contribution in [0.1, 0.15) is 38.2 Å². The summed E-state index contributed by atoms with van der Waals surface area (Å²) in [5.74, 6) is 0.993. The van der Waals surface area contributed by atoms with Crippen LogP contribution in [0.3, 0.4) is 0 Å². The van der Waals surface area contributed by atoms with Gasteiger partial charge in [0.2, 0.25) is 5.91 Å². The maximum absolute atomic E-state index is 12.2. The van der Waals surface area contributed by atoms with E-state index in [1.54, 1.807) is 6.07 Å². The molecule has 1 aromatic carbocycles. The van der Waals surface area contributed by atoms with Crippen molar-refractivity contribution in [3.05, 3.63) is 28.8 Å². The predicted octanol–water partition coefficient (Wildman–Crippen LogP) is 2.95. The molecule has 5 heteroatoms. The molecule has 1 aliphatic carbocycles. The fraction of sp³-hybridized carbons (Fsp3) is 0.588. The fourth-order valence-electron chi connectivity index (χ4n) is 2.94. The van der Waals surface area contributed by atoms with E-state index in [2.05, 4.69) is 5.32 Å². The number of aliphatic hydroxyl groups is 1. The Morgan fingerprint density at radius 3 is 2.73 bits per heavy atom. The van der Waals surface area contributed by atoms with E-state index in [0.717, 1.165) is 31.2 Å². The minimum Gasteiger partial charge on any atom is -0.492 e. The molecule has 0 bridgehead atoms. The molecule has 0 aliphatic heterocycles. The highest BCUT2D eigenvalue weighted by molar-refractivity contribution is 6.32. The van der Waals surface area contributed by atoms with Crippen LogP contribution in [-0.4, -0.2) is 30.3 Å². The van der Waals surface area contributed by atoms with Crippen molar-refractivity contribution in [2.75, 3.05) is 13.2 Å². The molecule has 1 aliphatic rings. The van der Waals surface area contributed by atoms with Crippen molar-refractivity contribution >= 4 is 17.5 Å². The third-order valence-corrected chi connectivity index (χ3v) is 4.46. The number of amides is 1. The largest absolute Gasteiger partial charge is 0.492 e. The number of aliphatic hydroxyl groups excluding tert-OH is 1. The van der Waals surface area contributed by atoms with E-state index < -0.39 is 0 Å². The third-order valence-electron chi connectivity index (χ3n) is 4.16. The van der Waals surface area contributed by atoms with Gasteiger partial charge in [-0.15, -0.1) is 0 Å². The van der Waals surface area contributed by atoms with Crippen molar-refractivity contribution < 1.29 is 14.6 Å². The Morgan fingerprint density at radius 1 is 1.36 bits per heavy atom. The van der Waals surface area contributed by atoms with Gasteiger partial charge in [0.1, 0.15) is 5.75 Å². The second-order valence-corrected chi connectivity index (χ2v) is 6.21. The number of hydrogen-bond acceptors (Lipinski definition) is 3. The number of carbonyl (C=O) groups is 1. The molecule has 4 nitrogen and oxygen atoms in total. The van der Waals surface area contributed by atoms with Crippen molar-refractivity contribution in [1.82, 2.24) is 5.32 Å². The molecule has 0 heterocycles. The predicted molar refractivity (Wildman–Crippen MR) is 87.3 cm³/mol. The van der Waals surface area contributed by atoms with Gasteiger partial charge in [-0.1, -0.05) is 23.7 Å². The smallest absolute Gasteiger partial charge is 0.224 e. The summed E-state index contributed by atoms with van der Waals surface area (Å²) in [4.78, 5) is 12.2. The highest BCUT2D eigenvalue weighted by atomic mass is 35.5. The number of nitrogens with one attached hydrogen (secondary N) is 1. The molecule has 0 atom stereocenters. The van der Waals surface area contributed by atoms with Gasteiger partial charge in [-0.05, 0) is 44.6 Å². The second kappa shape index (κ2) is 8.39. The van der Waals surface area contributed by atoms with E-state index in [1.807, 2.05) is 19.1 Å². The monoisotopic (exact) mass is 325 g/mol. The quantitative estimate of drug-likeness (QED) is 0.845. The van der Waals surface area contributed by atoms with Crippen LogP contribution in [0.4, 0.5) is 0 Å². The fourth-order valence-corrected chi connectivity index (χ4v) is 3.19. The molecule has 1 aromatic rings. The van der Waals surface area contributed by atoms with Crippen LogP contribution in [-0.2, 0) is 11.2 Å². The summed E-state index contributed by atoms with van der Waals surface area (Å²) in [5.41, 5.74) is 0.816. The van der Waals surface area contributed by atoms with Gasteiger partial charge < -0.3 is 15.2 Å². The van der Waals surface area contributed by atoms with Crippen molar-refractivity contribution in [2.24, 2.45) is 5.92 Å². The maximum Gasteiger partial charge on any atom is 0.224 e. The van der Waals surface area contributed by atoms with Gasteiger partial charge in [0, 0.05) is 18.2 Å². The molecule has 0 radical (unpaired) electrons. The molecular formula is C17H24ClNO3. The summed E-state index contributed by atoms with van der Waals surface area (Å²) in [6, 6.07) is 5.69. The third kappa shape index (κ3) is 4.62. The van der Waals surface area contributed by atoms with Crippen molar-refractivity contribution in [3.63, 3.8) is 0 Å². The van der Waals surface area contributed by atoms with Crippen LogP contribution in [0.15, 0.2) is 18.2 Å². The molecule has 1 fully saturated rings. The lowest BCUT2D eigenvalue weighted by molar-refractivity contribution is -0.121. The van der Waals surface area contributed by atoms with Crippen molar-refractivity contribution in [1.29, 1.82) is 0 Å². The van der Waals surface area contributed by atoms with Crippen LogP contribution < -0.4 is 10.1 Å². The molecule has 1 saturated carbocycles. The Balaban J connectivity index is 1.91. The van der Waals surface area contributed by atoms with E-state index in [9.17, 15) is 4.79 Å². The number of halogens is 1. The zero-order valence-corrected chi connectivity index (χ0v) is 13.7. The first-order valence-corrected chi connectivity index (χ1v) is 8.32. The SMILES string of the molecule is CCOc1c(Cl)cccc1CC(=O)NC1CCC(CO)CC1. The first-order chi connectivity index (χ1) is 10.6. The highest BCUT2D eigenvalue weighted by Gasteiger charge is 2.22. The molecule has 0 aromatic heterocycles. The first-order valence-electron chi connectivity index (χ1n) is 7.94. The summed E-state index contributed by atoms with van der Waals surface area (Å²) >= 11 is 6.14. The lowest BCUT2D eigenvalue weighted by Gasteiger charge is -2.28. The van der Waals surface area contributed by atoms with Gasteiger partial charge in [-0.25, -0.2) is 0 Å². The van der Waals surface area contributed by atoms with Crippen LogP contribution in [0.25, 0.3) is 0 Å². The number of para-hydroxylation sites is 1. The normalized spacial score (nSPS) is 21.4. The molecule has 2 N–H and O–H groups in total. The van der Waals surface area contributed by atoms with Gasteiger partial charge >= 0.3 is 0 Å². The summed E-state index contributed by atoms with van der Waals surface area (Å²) in [7, 11) is 0. The Hall–Kier alpha value is -1.26. The molecule has 2 rings (SSSR count). The summed E-state index contributed by atoms with van der Waals surface area (Å²) < 4.78 is 5.55. The Morgan fingerprint density at radius 2 is 2.09 bits per heavy atom. The maximum atomic E-state index is 12.2. The summed E-state index contributed by atoms with van der Waals surface area (Å²) in [6.07, 6.45) is 4.09. The van der Waals surface area contributed by atoms with Gasteiger partial charge in [0.15, 0.2) is 0 Å². The number of ether oxygens (including phenoxy) is 1.